The van der Waals surface area contributed by atoms with E-state index in [2.05, 4.69) is 25.8 Å². The molecule has 0 aliphatic heterocycles. The quantitative estimate of drug-likeness (QED) is 0.410. The van der Waals surface area contributed by atoms with E-state index in [-0.39, 0.29) is 23.4 Å². The predicted octanol–water partition coefficient (Wildman–Crippen LogP) is 3.90. The van der Waals surface area contributed by atoms with Crippen LogP contribution in [0.1, 0.15) is 22.8 Å². The van der Waals surface area contributed by atoms with Crippen LogP contribution in [0.15, 0.2) is 53.5 Å². The first kappa shape index (κ1) is 22.1. The number of H-pyrrole nitrogens is 1. The van der Waals surface area contributed by atoms with Gasteiger partial charge in [-0.25, -0.2) is 8.78 Å². The van der Waals surface area contributed by atoms with Crippen molar-refractivity contribution in [2.24, 2.45) is 4.99 Å². The molecule has 0 radical (unpaired) electrons. The highest BCUT2D eigenvalue weighted by Crippen LogP contribution is 2.22. The van der Waals surface area contributed by atoms with Gasteiger partial charge in [0.2, 0.25) is 5.96 Å². The summed E-state index contributed by atoms with van der Waals surface area (Å²) < 4.78 is 32.1. The monoisotopic (exact) mass is 427 g/mol. The van der Waals surface area contributed by atoms with Gasteiger partial charge in [-0.05, 0) is 49.7 Å². The molecular formula is C22H23F2N5O2. The van der Waals surface area contributed by atoms with Crippen molar-refractivity contribution in [3.8, 4) is 11.3 Å². The number of halogens is 2. The number of rotatable bonds is 6. The average molecular weight is 427 g/mol. The number of aliphatic imine (C=N–C) groups is 1. The predicted molar refractivity (Wildman–Crippen MR) is 115 cm³/mol. The lowest BCUT2D eigenvalue weighted by Gasteiger charge is -2.16. The summed E-state index contributed by atoms with van der Waals surface area (Å²) in [5, 5.41) is 13.0. The number of anilines is 1. The Morgan fingerprint density at radius 3 is 2.61 bits per heavy atom. The summed E-state index contributed by atoms with van der Waals surface area (Å²) in [5.74, 6) is -0.719. The summed E-state index contributed by atoms with van der Waals surface area (Å²) in [5.41, 5.74) is 1.91. The lowest BCUT2D eigenvalue weighted by atomic mass is 10.1. The van der Waals surface area contributed by atoms with Crippen LogP contribution in [0.3, 0.4) is 0 Å². The first-order valence-corrected chi connectivity index (χ1v) is 9.58. The number of benzene rings is 2. The molecule has 3 N–H and O–H groups in total. The molecule has 0 saturated heterocycles. The number of hydrogen-bond donors (Lipinski definition) is 3. The second kappa shape index (κ2) is 9.94. The van der Waals surface area contributed by atoms with E-state index in [4.69, 9.17) is 4.74 Å². The van der Waals surface area contributed by atoms with E-state index >= 15 is 0 Å². The number of aromatic nitrogens is 2. The Bertz CT molecular complexity index is 1080. The topological polar surface area (TPSA) is 91.4 Å². The number of carbonyl (C=O) groups is 1. The zero-order valence-corrected chi connectivity index (χ0v) is 17.4. The molecule has 0 spiro atoms. The smallest absolute Gasteiger partial charge is 0.280 e. The maximum absolute atomic E-state index is 13.9. The second-order valence-electron chi connectivity index (χ2n) is 7.03. The van der Waals surface area contributed by atoms with E-state index in [9.17, 15) is 13.6 Å². The molecule has 162 valence electrons. The molecule has 3 rings (SSSR count). The first-order chi connectivity index (χ1) is 14.9. The third-order valence-corrected chi connectivity index (χ3v) is 4.40. The molecule has 0 saturated carbocycles. The molecule has 1 heterocycles. The van der Waals surface area contributed by atoms with Gasteiger partial charge in [0.1, 0.15) is 17.5 Å². The number of methoxy groups -OCH3 is 1. The van der Waals surface area contributed by atoms with Crippen molar-refractivity contribution in [1.29, 1.82) is 0 Å². The lowest BCUT2D eigenvalue weighted by molar-refractivity contribution is 0.100. The average Bonchev–Trinajstić information content (AvgIpc) is 3.19. The number of ether oxygens (including phenoxy) is 1. The third-order valence-electron chi connectivity index (χ3n) is 4.40. The summed E-state index contributed by atoms with van der Waals surface area (Å²) in [6.45, 7) is 3.92. The fourth-order valence-electron chi connectivity index (χ4n) is 2.79. The highest BCUT2D eigenvalue weighted by Gasteiger charge is 2.13. The van der Waals surface area contributed by atoms with Crippen LogP contribution in [0.5, 0.6) is 0 Å². The number of nitrogens with zero attached hydrogens (tertiary/aromatic N) is 2. The highest BCUT2D eigenvalue weighted by atomic mass is 19.1. The minimum atomic E-state index is -0.556. The number of aryl methyl sites for hydroxylation is 1. The third kappa shape index (κ3) is 5.95. The largest absolute Gasteiger partial charge is 0.383 e. The van der Waals surface area contributed by atoms with Crippen LogP contribution < -0.4 is 10.6 Å². The summed E-state index contributed by atoms with van der Waals surface area (Å²) in [6.07, 6.45) is 0. The lowest BCUT2D eigenvalue weighted by Crippen LogP contribution is -2.40. The van der Waals surface area contributed by atoms with Gasteiger partial charge in [-0.1, -0.05) is 12.1 Å². The van der Waals surface area contributed by atoms with Gasteiger partial charge >= 0.3 is 0 Å². The summed E-state index contributed by atoms with van der Waals surface area (Å²) in [6, 6.07) is 11.5. The maximum Gasteiger partial charge on any atom is 0.280 e. The number of aromatic amines is 1. The van der Waals surface area contributed by atoms with Crippen molar-refractivity contribution in [3.63, 3.8) is 0 Å². The Morgan fingerprint density at radius 2 is 1.94 bits per heavy atom. The van der Waals surface area contributed by atoms with Crippen LogP contribution in [-0.4, -0.2) is 41.8 Å². The molecule has 31 heavy (non-hydrogen) atoms. The number of nitrogens with one attached hydrogen (secondary N) is 3. The van der Waals surface area contributed by atoms with Crippen molar-refractivity contribution in [2.45, 2.75) is 19.9 Å². The van der Waals surface area contributed by atoms with E-state index in [1.807, 2.05) is 6.92 Å². The van der Waals surface area contributed by atoms with Crippen LogP contribution >= 0.6 is 0 Å². The molecule has 3 aromatic rings. The van der Waals surface area contributed by atoms with Crippen molar-refractivity contribution in [2.75, 3.05) is 19.0 Å². The van der Waals surface area contributed by atoms with Crippen LogP contribution in [-0.2, 0) is 4.74 Å². The van der Waals surface area contributed by atoms with Crippen molar-refractivity contribution >= 4 is 17.7 Å². The number of amides is 1. The Balaban J connectivity index is 1.82. The zero-order chi connectivity index (χ0) is 22.4. The van der Waals surface area contributed by atoms with Gasteiger partial charge in [-0.15, -0.1) is 0 Å². The normalized spacial score (nSPS) is 12.5. The van der Waals surface area contributed by atoms with Gasteiger partial charge in [0.15, 0.2) is 0 Å². The molecule has 9 heteroatoms. The van der Waals surface area contributed by atoms with E-state index in [0.717, 1.165) is 0 Å². The maximum atomic E-state index is 13.9. The van der Waals surface area contributed by atoms with E-state index < -0.39 is 11.7 Å². The molecule has 2 aromatic carbocycles. The van der Waals surface area contributed by atoms with Crippen LogP contribution in [0.25, 0.3) is 11.3 Å². The number of guanidine groups is 1. The fourth-order valence-corrected chi connectivity index (χ4v) is 2.79. The molecule has 0 fully saturated rings. The Morgan fingerprint density at radius 1 is 1.19 bits per heavy atom. The zero-order valence-electron chi connectivity index (χ0n) is 17.4. The van der Waals surface area contributed by atoms with Gasteiger partial charge in [0.25, 0.3) is 5.91 Å². The van der Waals surface area contributed by atoms with Crippen molar-refractivity contribution < 1.29 is 18.3 Å². The number of carbonyl (C=O) groups excluding carboxylic acids is 1. The minimum absolute atomic E-state index is 0.157. The van der Waals surface area contributed by atoms with Gasteiger partial charge in [-0.2, -0.15) is 10.1 Å². The van der Waals surface area contributed by atoms with Crippen LogP contribution in [0.4, 0.5) is 14.6 Å². The van der Waals surface area contributed by atoms with Crippen LogP contribution in [0.2, 0.25) is 0 Å². The van der Waals surface area contributed by atoms with Crippen molar-refractivity contribution in [1.82, 2.24) is 15.5 Å². The standard InChI is InChI=1S/C22H23F2N5O2/c1-13-4-5-16(10-18(13)24)19-11-20(29-28-19)26-22(25-14(2)12-31-3)27-21(30)15-6-8-17(23)9-7-15/h4-11,14H,12H2,1-3H3,(H3,25,26,27,28,29,30)/t14-/m0/s1. The van der Waals surface area contributed by atoms with Gasteiger partial charge in [-0.3, -0.25) is 9.89 Å². The molecule has 1 amide bonds. The SMILES string of the molecule is COC[C@H](C)N/C(=N/C(=O)c1ccc(F)cc1)Nc1cc(-c2ccc(C)c(F)c2)n[nH]1. The fraction of sp³-hybridized carbons (Fsp3) is 0.227. The van der Waals surface area contributed by atoms with E-state index in [1.165, 1.54) is 30.3 Å². The summed E-state index contributed by atoms with van der Waals surface area (Å²) >= 11 is 0. The molecular weight excluding hydrogens is 404 g/mol. The Kier molecular flexibility index (Phi) is 7.09. The highest BCUT2D eigenvalue weighted by molar-refractivity contribution is 6.06. The summed E-state index contributed by atoms with van der Waals surface area (Å²) in [7, 11) is 1.56. The van der Waals surface area contributed by atoms with Crippen LogP contribution in [0, 0.1) is 18.6 Å². The molecule has 1 aromatic heterocycles. The van der Waals surface area contributed by atoms with Crippen molar-refractivity contribution in [3.05, 3.63) is 71.3 Å². The first-order valence-electron chi connectivity index (χ1n) is 9.58. The second-order valence-corrected chi connectivity index (χ2v) is 7.03. The molecule has 1 atom stereocenters. The Hall–Kier alpha value is -3.59. The van der Waals surface area contributed by atoms with Gasteiger partial charge in [0.05, 0.1) is 12.3 Å². The van der Waals surface area contributed by atoms with E-state index in [0.29, 0.717) is 29.2 Å². The minimum Gasteiger partial charge on any atom is -0.383 e. The molecule has 0 aliphatic carbocycles. The molecule has 0 aliphatic rings. The van der Waals surface area contributed by atoms with Gasteiger partial charge < -0.3 is 15.4 Å². The Labute approximate surface area is 178 Å². The van der Waals surface area contributed by atoms with Gasteiger partial charge in [0, 0.05) is 30.3 Å². The number of hydrogen-bond acceptors (Lipinski definition) is 3. The van der Waals surface area contributed by atoms with E-state index in [1.54, 1.807) is 32.2 Å². The molecule has 0 unspecified atom stereocenters. The molecule has 0 bridgehead atoms. The summed E-state index contributed by atoms with van der Waals surface area (Å²) in [4.78, 5) is 16.6. The molecule has 7 nitrogen and oxygen atoms in total.